The first kappa shape index (κ1) is 7.90. The number of nitrogens with two attached hydrogens (primary N) is 2. The third-order valence-electron chi connectivity index (χ3n) is 0.573. The highest BCUT2D eigenvalue weighted by Gasteiger charge is 2.10. The van der Waals surface area contributed by atoms with E-state index in [1.54, 1.807) is 0 Å². The van der Waals surface area contributed by atoms with Gasteiger partial charge in [0, 0.05) is 6.92 Å². The second-order valence-electron chi connectivity index (χ2n) is 1.43. The lowest BCUT2D eigenvalue weighted by atomic mass is 10.5. The highest BCUT2D eigenvalue weighted by molar-refractivity contribution is 5.80. The van der Waals surface area contributed by atoms with Gasteiger partial charge in [0.1, 0.15) is 0 Å². The van der Waals surface area contributed by atoms with Gasteiger partial charge >= 0.3 is 5.97 Å². The largest absolute Gasteiger partial charge is 0.437 e. The SMILES string of the molecule is CC(=O)OC(N)C(N)=O. The van der Waals surface area contributed by atoms with E-state index in [9.17, 15) is 9.59 Å². The van der Waals surface area contributed by atoms with Crippen LogP contribution in [0.3, 0.4) is 0 Å². The van der Waals surface area contributed by atoms with Gasteiger partial charge in [0.25, 0.3) is 5.91 Å². The molecule has 0 aromatic carbocycles. The van der Waals surface area contributed by atoms with Crippen molar-refractivity contribution in [3.63, 3.8) is 0 Å². The van der Waals surface area contributed by atoms with Crippen molar-refractivity contribution in [2.24, 2.45) is 11.5 Å². The van der Waals surface area contributed by atoms with E-state index in [-0.39, 0.29) is 0 Å². The van der Waals surface area contributed by atoms with Crippen LogP contribution in [-0.4, -0.2) is 18.1 Å². The molecule has 5 nitrogen and oxygen atoms in total. The monoisotopic (exact) mass is 132 g/mol. The molecule has 1 unspecified atom stereocenters. The van der Waals surface area contributed by atoms with Crippen LogP contribution in [0.1, 0.15) is 6.92 Å². The summed E-state index contributed by atoms with van der Waals surface area (Å²) < 4.78 is 4.18. The molecule has 0 bridgehead atoms. The van der Waals surface area contributed by atoms with Crippen LogP contribution in [0.4, 0.5) is 0 Å². The van der Waals surface area contributed by atoms with Crippen LogP contribution in [0.15, 0.2) is 0 Å². The third-order valence-corrected chi connectivity index (χ3v) is 0.573. The maximum atomic E-state index is 10.1. The average molecular weight is 132 g/mol. The molecule has 0 radical (unpaired) electrons. The van der Waals surface area contributed by atoms with Gasteiger partial charge in [-0.1, -0.05) is 0 Å². The van der Waals surface area contributed by atoms with Crippen molar-refractivity contribution in [1.29, 1.82) is 0 Å². The van der Waals surface area contributed by atoms with E-state index >= 15 is 0 Å². The molecule has 0 rings (SSSR count). The zero-order chi connectivity index (χ0) is 7.44. The quantitative estimate of drug-likeness (QED) is 0.346. The van der Waals surface area contributed by atoms with E-state index in [4.69, 9.17) is 5.73 Å². The Labute approximate surface area is 52.0 Å². The molecule has 0 aliphatic carbocycles. The molecule has 1 amide bonds. The Morgan fingerprint density at radius 2 is 2.00 bits per heavy atom. The molecule has 4 N–H and O–H groups in total. The highest BCUT2D eigenvalue weighted by Crippen LogP contribution is 1.80. The summed E-state index contributed by atoms with van der Waals surface area (Å²) in [5.74, 6) is -1.48. The van der Waals surface area contributed by atoms with Crippen molar-refractivity contribution >= 4 is 11.9 Å². The number of hydrogen-bond acceptors (Lipinski definition) is 4. The molecule has 52 valence electrons. The summed E-state index contributed by atoms with van der Waals surface area (Å²) in [6.45, 7) is 1.14. The van der Waals surface area contributed by atoms with Gasteiger partial charge in [0.15, 0.2) is 0 Å². The van der Waals surface area contributed by atoms with E-state index in [0.29, 0.717) is 0 Å². The van der Waals surface area contributed by atoms with Crippen molar-refractivity contribution in [1.82, 2.24) is 0 Å². The third kappa shape index (κ3) is 3.48. The molecule has 0 aromatic rings. The Hall–Kier alpha value is -1.10. The lowest BCUT2D eigenvalue weighted by Crippen LogP contribution is -2.39. The minimum Gasteiger partial charge on any atom is -0.437 e. The molecule has 0 saturated heterocycles. The summed E-state index contributed by atoms with van der Waals surface area (Å²) in [5, 5.41) is 0. The number of carbonyl (C=O) groups excluding carboxylic acids is 2. The van der Waals surface area contributed by atoms with Crippen LogP contribution in [0, 0.1) is 0 Å². The molecule has 0 fully saturated rings. The minimum atomic E-state index is -1.32. The number of esters is 1. The smallest absolute Gasteiger partial charge is 0.304 e. The first-order valence-electron chi connectivity index (χ1n) is 2.26. The van der Waals surface area contributed by atoms with E-state index in [1.807, 2.05) is 0 Å². The predicted octanol–water partition coefficient (Wildman–Crippen LogP) is -1.68. The van der Waals surface area contributed by atoms with Crippen molar-refractivity contribution < 1.29 is 14.3 Å². The summed E-state index contributed by atoms with van der Waals surface area (Å²) in [6, 6.07) is 0. The number of ether oxygens (including phenoxy) is 1. The molecule has 0 heterocycles. The molecule has 0 aliphatic heterocycles. The molecule has 1 atom stereocenters. The molecule has 5 heteroatoms. The van der Waals surface area contributed by atoms with Crippen LogP contribution in [0.5, 0.6) is 0 Å². The zero-order valence-corrected chi connectivity index (χ0v) is 4.96. The molecule has 0 aliphatic rings. The lowest BCUT2D eigenvalue weighted by molar-refractivity contribution is -0.152. The van der Waals surface area contributed by atoms with Crippen molar-refractivity contribution in [3.05, 3.63) is 0 Å². The Bertz CT molecular complexity index is 134. The fourth-order valence-electron chi connectivity index (χ4n) is 0.237. The first-order valence-corrected chi connectivity index (χ1v) is 2.26. The van der Waals surface area contributed by atoms with E-state index in [1.165, 1.54) is 0 Å². The van der Waals surface area contributed by atoms with Crippen LogP contribution < -0.4 is 11.5 Å². The molecule has 0 aromatic heterocycles. The minimum absolute atomic E-state index is 0.624. The normalized spacial score (nSPS) is 12.2. The van der Waals surface area contributed by atoms with E-state index in [2.05, 4.69) is 10.5 Å². The number of amides is 1. The Morgan fingerprint density at radius 1 is 1.56 bits per heavy atom. The number of primary amides is 1. The fraction of sp³-hybridized carbons (Fsp3) is 0.500. The van der Waals surface area contributed by atoms with Crippen LogP contribution in [-0.2, 0) is 14.3 Å². The second kappa shape index (κ2) is 3.03. The lowest BCUT2D eigenvalue weighted by Gasteiger charge is -2.05. The Kier molecular flexibility index (Phi) is 2.66. The zero-order valence-electron chi connectivity index (χ0n) is 4.96. The van der Waals surface area contributed by atoms with Gasteiger partial charge in [-0.25, -0.2) is 0 Å². The maximum Gasteiger partial charge on any atom is 0.304 e. The fourth-order valence-corrected chi connectivity index (χ4v) is 0.237. The molecule has 0 spiro atoms. The van der Waals surface area contributed by atoms with Gasteiger partial charge in [-0.15, -0.1) is 0 Å². The van der Waals surface area contributed by atoms with Gasteiger partial charge in [0.2, 0.25) is 6.23 Å². The van der Waals surface area contributed by atoms with Crippen molar-refractivity contribution in [3.8, 4) is 0 Å². The summed E-state index contributed by atoms with van der Waals surface area (Å²) in [7, 11) is 0. The summed E-state index contributed by atoms with van der Waals surface area (Å²) in [6.07, 6.45) is -1.32. The average Bonchev–Trinajstić information content (AvgIpc) is 1.63. The van der Waals surface area contributed by atoms with E-state index in [0.717, 1.165) is 6.92 Å². The topological polar surface area (TPSA) is 95.4 Å². The summed E-state index contributed by atoms with van der Waals surface area (Å²) in [4.78, 5) is 20.1. The molecular weight excluding hydrogens is 124 g/mol. The van der Waals surface area contributed by atoms with Crippen LogP contribution >= 0.6 is 0 Å². The van der Waals surface area contributed by atoms with Gasteiger partial charge in [-0.05, 0) is 0 Å². The second-order valence-corrected chi connectivity index (χ2v) is 1.43. The van der Waals surface area contributed by atoms with Crippen LogP contribution in [0.2, 0.25) is 0 Å². The molecule has 0 saturated carbocycles. The van der Waals surface area contributed by atoms with Gasteiger partial charge < -0.3 is 10.5 Å². The number of hydrogen-bond donors (Lipinski definition) is 2. The Morgan fingerprint density at radius 3 is 2.11 bits per heavy atom. The highest BCUT2D eigenvalue weighted by atomic mass is 16.6. The molecular formula is C4H8N2O3. The van der Waals surface area contributed by atoms with Gasteiger partial charge in [0.05, 0.1) is 0 Å². The standard InChI is InChI=1S/C4H8N2O3/c1-2(7)9-4(6)3(5)8/h4H,6H2,1H3,(H2,5,8). The number of carbonyl (C=O) groups is 2. The summed E-state index contributed by atoms with van der Waals surface area (Å²) in [5.41, 5.74) is 9.54. The van der Waals surface area contributed by atoms with Crippen LogP contribution in [0.25, 0.3) is 0 Å². The van der Waals surface area contributed by atoms with Crippen molar-refractivity contribution in [2.75, 3.05) is 0 Å². The van der Waals surface area contributed by atoms with E-state index < -0.39 is 18.1 Å². The Balaban J connectivity index is 3.63. The maximum absolute atomic E-state index is 10.1. The van der Waals surface area contributed by atoms with Gasteiger partial charge in [-0.2, -0.15) is 0 Å². The number of rotatable bonds is 2. The summed E-state index contributed by atoms with van der Waals surface area (Å²) >= 11 is 0. The van der Waals surface area contributed by atoms with Gasteiger partial charge in [-0.3, -0.25) is 15.3 Å². The predicted molar refractivity (Wildman–Crippen MR) is 28.9 cm³/mol. The van der Waals surface area contributed by atoms with Crippen molar-refractivity contribution in [2.45, 2.75) is 13.2 Å². The first-order chi connectivity index (χ1) is 4.04. The molecule has 9 heavy (non-hydrogen) atoms.